The van der Waals surface area contributed by atoms with E-state index in [1.165, 1.54) is 21.6 Å². The molecule has 0 bridgehead atoms. The molecule has 0 spiro atoms. The predicted octanol–water partition coefficient (Wildman–Crippen LogP) is 0.719. The Bertz CT molecular complexity index is 415. The fraction of sp³-hybridized carbons (Fsp3) is 0.500. The maximum Gasteiger partial charge on any atom is 0.407 e. The summed E-state index contributed by atoms with van der Waals surface area (Å²) in [7, 11) is 0. The van der Waals surface area contributed by atoms with E-state index in [4.69, 9.17) is 10.2 Å². The lowest BCUT2D eigenvalue weighted by atomic mass is 10.4. The van der Waals surface area contributed by atoms with Gasteiger partial charge < -0.3 is 20.4 Å². The van der Waals surface area contributed by atoms with Gasteiger partial charge in [-0.3, -0.25) is 0 Å². The van der Waals surface area contributed by atoms with Crippen LogP contribution in [0, 0.1) is 6.92 Å². The summed E-state index contributed by atoms with van der Waals surface area (Å²) in [6.07, 6.45) is -0.809. The number of piperazine rings is 1. The summed E-state index contributed by atoms with van der Waals surface area (Å²) in [6.45, 7) is 4.58. The molecule has 3 N–H and O–H groups in total. The number of aromatic carboxylic acids is 1. The Balaban J connectivity index is 0.000000180. The van der Waals surface area contributed by atoms with Crippen molar-refractivity contribution in [2.75, 3.05) is 26.2 Å². The normalized spacial score (nSPS) is 14.6. The van der Waals surface area contributed by atoms with E-state index < -0.39 is 12.1 Å². The summed E-state index contributed by atoms with van der Waals surface area (Å²) >= 11 is 1.34. The zero-order chi connectivity index (χ0) is 13.5. The average molecular weight is 273 g/mol. The zero-order valence-electron chi connectivity index (χ0n) is 9.92. The molecule has 0 aromatic carbocycles. The standard InChI is InChI=1S/C5H10N2O2.C5H5NO2S/c8-5(9)7-3-1-6-2-4-7;1-3-6-4(2-9-3)5(7)8/h6H,1-4H2,(H,8,9);2H,1H3,(H,7,8). The molecule has 1 aromatic rings. The summed E-state index contributed by atoms with van der Waals surface area (Å²) in [5, 5.41) is 22.2. The molecule has 0 aliphatic carbocycles. The summed E-state index contributed by atoms with van der Waals surface area (Å²) in [5.41, 5.74) is 0.137. The second-order valence-electron chi connectivity index (χ2n) is 3.58. The maximum absolute atomic E-state index is 10.3. The molecular formula is C10H15N3O4S. The van der Waals surface area contributed by atoms with Crippen LogP contribution < -0.4 is 5.32 Å². The number of hydrogen-bond donors (Lipinski definition) is 3. The van der Waals surface area contributed by atoms with E-state index in [0.717, 1.165) is 18.1 Å². The number of aromatic nitrogens is 1. The average Bonchev–Trinajstić information content (AvgIpc) is 2.78. The maximum atomic E-state index is 10.3. The minimum atomic E-state index is -0.959. The molecule has 100 valence electrons. The van der Waals surface area contributed by atoms with Gasteiger partial charge in [0.2, 0.25) is 0 Å². The van der Waals surface area contributed by atoms with Crippen molar-refractivity contribution < 1.29 is 19.8 Å². The van der Waals surface area contributed by atoms with Crippen LogP contribution in [0.2, 0.25) is 0 Å². The van der Waals surface area contributed by atoms with E-state index in [1.54, 1.807) is 6.92 Å². The molecule has 1 aliphatic rings. The first-order valence-electron chi connectivity index (χ1n) is 5.34. The van der Waals surface area contributed by atoms with Crippen LogP contribution in [0.4, 0.5) is 4.79 Å². The van der Waals surface area contributed by atoms with Gasteiger partial charge >= 0.3 is 12.1 Å². The SMILES string of the molecule is Cc1nc(C(=O)O)cs1.O=C(O)N1CCNCC1. The topological polar surface area (TPSA) is 103 Å². The van der Waals surface area contributed by atoms with E-state index in [2.05, 4.69) is 10.3 Å². The third kappa shape index (κ3) is 4.68. The number of carboxylic acid groups (broad SMARTS) is 2. The van der Waals surface area contributed by atoms with E-state index >= 15 is 0 Å². The van der Waals surface area contributed by atoms with Gasteiger partial charge in [0.05, 0.1) is 5.01 Å². The van der Waals surface area contributed by atoms with Crippen molar-refractivity contribution in [2.45, 2.75) is 6.92 Å². The van der Waals surface area contributed by atoms with Crippen LogP contribution in [0.5, 0.6) is 0 Å². The third-order valence-electron chi connectivity index (χ3n) is 2.23. The highest BCUT2D eigenvalue weighted by molar-refractivity contribution is 7.09. The van der Waals surface area contributed by atoms with Gasteiger partial charge in [0, 0.05) is 31.6 Å². The molecule has 1 amide bonds. The molecule has 1 aromatic heterocycles. The van der Waals surface area contributed by atoms with Crippen molar-refractivity contribution in [1.29, 1.82) is 0 Å². The lowest BCUT2D eigenvalue weighted by Crippen LogP contribution is -2.45. The molecule has 2 rings (SSSR count). The Hall–Kier alpha value is -1.67. The van der Waals surface area contributed by atoms with E-state index in [0.29, 0.717) is 13.1 Å². The first-order chi connectivity index (χ1) is 8.50. The fourth-order valence-corrected chi connectivity index (χ4v) is 1.90. The first kappa shape index (κ1) is 14.4. The Kier molecular flexibility index (Phi) is 5.53. The highest BCUT2D eigenvalue weighted by Gasteiger charge is 2.13. The number of rotatable bonds is 1. The van der Waals surface area contributed by atoms with Gasteiger partial charge in [-0.25, -0.2) is 14.6 Å². The van der Waals surface area contributed by atoms with Gasteiger partial charge in [0.25, 0.3) is 0 Å². The summed E-state index contributed by atoms with van der Waals surface area (Å²) in [4.78, 5) is 25.6. The number of nitrogens with one attached hydrogen (secondary N) is 1. The molecule has 1 saturated heterocycles. The zero-order valence-corrected chi connectivity index (χ0v) is 10.7. The summed E-state index contributed by atoms with van der Waals surface area (Å²) in [6, 6.07) is 0. The van der Waals surface area contributed by atoms with Crippen LogP contribution in [-0.2, 0) is 0 Å². The number of thiazole rings is 1. The minimum absolute atomic E-state index is 0.137. The number of carbonyl (C=O) groups is 2. The largest absolute Gasteiger partial charge is 0.476 e. The smallest absolute Gasteiger partial charge is 0.407 e. The Morgan fingerprint density at radius 1 is 1.39 bits per heavy atom. The molecule has 1 aliphatic heterocycles. The van der Waals surface area contributed by atoms with Crippen LogP contribution in [0.3, 0.4) is 0 Å². The van der Waals surface area contributed by atoms with Gasteiger partial charge in [0.15, 0.2) is 5.69 Å². The monoisotopic (exact) mass is 273 g/mol. The minimum Gasteiger partial charge on any atom is -0.476 e. The van der Waals surface area contributed by atoms with Crippen LogP contribution in [0.1, 0.15) is 15.5 Å². The number of hydrogen-bond acceptors (Lipinski definition) is 5. The van der Waals surface area contributed by atoms with Crippen molar-refractivity contribution in [3.63, 3.8) is 0 Å². The van der Waals surface area contributed by atoms with Crippen molar-refractivity contribution in [3.8, 4) is 0 Å². The van der Waals surface area contributed by atoms with Crippen LogP contribution in [-0.4, -0.2) is 58.3 Å². The van der Waals surface area contributed by atoms with Crippen LogP contribution in [0.15, 0.2) is 5.38 Å². The molecule has 2 heterocycles. The predicted molar refractivity (Wildman–Crippen MR) is 66.3 cm³/mol. The quantitative estimate of drug-likeness (QED) is 0.696. The highest BCUT2D eigenvalue weighted by atomic mass is 32.1. The molecule has 0 radical (unpaired) electrons. The Morgan fingerprint density at radius 3 is 2.28 bits per heavy atom. The van der Waals surface area contributed by atoms with Gasteiger partial charge in [-0.15, -0.1) is 11.3 Å². The first-order valence-corrected chi connectivity index (χ1v) is 6.22. The third-order valence-corrected chi connectivity index (χ3v) is 3.00. The van der Waals surface area contributed by atoms with Crippen molar-refractivity contribution in [1.82, 2.24) is 15.2 Å². The second kappa shape index (κ2) is 6.92. The molecule has 0 unspecified atom stereocenters. The molecular weight excluding hydrogens is 258 g/mol. The molecule has 0 atom stereocenters. The molecule has 18 heavy (non-hydrogen) atoms. The fourth-order valence-electron chi connectivity index (χ4n) is 1.32. The highest BCUT2D eigenvalue weighted by Crippen LogP contribution is 2.06. The molecule has 8 heteroatoms. The molecule has 1 fully saturated rings. The Labute approximate surface area is 108 Å². The number of carboxylic acids is 1. The summed E-state index contributed by atoms with van der Waals surface area (Å²) < 4.78 is 0. The number of nitrogens with zero attached hydrogens (tertiary/aromatic N) is 2. The second-order valence-corrected chi connectivity index (χ2v) is 4.64. The van der Waals surface area contributed by atoms with Gasteiger partial charge in [-0.2, -0.15) is 0 Å². The van der Waals surface area contributed by atoms with Crippen molar-refractivity contribution in [3.05, 3.63) is 16.1 Å². The van der Waals surface area contributed by atoms with Crippen LogP contribution in [0.25, 0.3) is 0 Å². The molecule has 7 nitrogen and oxygen atoms in total. The van der Waals surface area contributed by atoms with Crippen molar-refractivity contribution in [2.24, 2.45) is 0 Å². The van der Waals surface area contributed by atoms with E-state index in [9.17, 15) is 9.59 Å². The number of aryl methyl sites for hydroxylation is 1. The van der Waals surface area contributed by atoms with Crippen LogP contribution >= 0.6 is 11.3 Å². The Morgan fingerprint density at radius 2 is 2.00 bits per heavy atom. The lowest BCUT2D eigenvalue weighted by molar-refractivity contribution is 0.0691. The van der Waals surface area contributed by atoms with E-state index in [-0.39, 0.29) is 5.69 Å². The molecule has 0 saturated carbocycles. The van der Waals surface area contributed by atoms with Gasteiger partial charge in [0.1, 0.15) is 0 Å². The van der Waals surface area contributed by atoms with Gasteiger partial charge in [-0.05, 0) is 6.92 Å². The summed E-state index contributed by atoms with van der Waals surface area (Å²) in [5.74, 6) is -0.959. The van der Waals surface area contributed by atoms with E-state index in [1.807, 2.05) is 0 Å². The lowest BCUT2D eigenvalue weighted by Gasteiger charge is -2.23. The van der Waals surface area contributed by atoms with Crippen molar-refractivity contribution >= 4 is 23.4 Å². The number of amides is 1. The van der Waals surface area contributed by atoms with Gasteiger partial charge in [-0.1, -0.05) is 0 Å².